The number of para-hydroxylation sites is 1. The molecule has 1 N–H and O–H groups in total. The maximum absolute atomic E-state index is 13.7. The van der Waals surface area contributed by atoms with Crippen LogP contribution in [-0.2, 0) is 9.59 Å². The minimum absolute atomic E-state index is 0.242. The Morgan fingerprint density at radius 1 is 0.848 bits per heavy atom. The summed E-state index contributed by atoms with van der Waals surface area (Å²) >= 11 is 0. The highest BCUT2D eigenvalue weighted by molar-refractivity contribution is 6.46. The molecule has 0 saturated carbocycles. The van der Waals surface area contributed by atoms with Gasteiger partial charge in [0.25, 0.3) is 11.8 Å². The molecule has 5 heteroatoms. The number of carbonyl (C=O) groups excluding carboxylic acids is 2. The van der Waals surface area contributed by atoms with Crippen molar-refractivity contribution in [1.29, 1.82) is 0 Å². The first-order chi connectivity index (χ1) is 15.8. The van der Waals surface area contributed by atoms with Crippen molar-refractivity contribution < 1.29 is 14.3 Å². The molecule has 0 radical (unpaired) electrons. The molecule has 33 heavy (non-hydrogen) atoms. The number of amides is 2. The summed E-state index contributed by atoms with van der Waals surface area (Å²) in [5.74, 6) is 0.118. The lowest BCUT2D eigenvalue weighted by molar-refractivity contribution is -0.120. The van der Waals surface area contributed by atoms with Crippen molar-refractivity contribution in [3.05, 3.63) is 94.7 Å². The van der Waals surface area contributed by atoms with Gasteiger partial charge in [0.2, 0.25) is 0 Å². The first kappa shape index (κ1) is 22.3. The molecule has 0 spiro atoms. The van der Waals surface area contributed by atoms with E-state index in [-0.39, 0.29) is 17.5 Å². The number of carbonyl (C=O) groups is 2. The predicted octanol–water partition coefficient (Wildman–Crippen LogP) is 5.83. The SMILES string of the molecule is COc1ccccc1C1=C(Nc2cccc(C)c2C)C(=O)N(c2ccc(C(C)C)cc2)C1=O. The monoisotopic (exact) mass is 440 g/mol. The standard InChI is InChI=1S/C28H28N2O3/c1-17(2)20-13-15-21(16-14-20)30-27(31)25(22-10-6-7-12-24(22)33-5)26(28(30)32)29-23-11-8-9-18(3)19(23)4/h6-17,29H,1-5H3. The molecular weight excluding hydrogens is 412 g/mol. The number of benzene rings is 3. The summed E-state index contributed by atoms with van der Waals surface area (Å²) in [6.07, 6.45) is 0. The zero-order chi connectivity index (χ0) is 23.7. The van der Waals surface area contributed by atoms with E-state index in [1.54, 1.807) is 19.2 Å². The van der Waals surface area contributed by atoms with E-state index >= 15 is 0 Å². The summed E-state index contributed by atoms with van der Waals surface area (Å²) < 4.78 is 5.52. The Hall–Kier alpha value is -3.86. The van der Waals surface area contributed by atoms with Crippen LogP contribution in [0.1, 0.15) is 42.0 Å². The molecule has 1 heterocycles. The van der Waals surface area contributed by atoms with Gasteiger partial charge in [-0.2, -0.15) is 0 Å². The third-order valence-corrected chi connectivity index (χ3v) is 6.14. The van der Waals surface area contributed by atoms with Crippen LogP contribution < -0.4 is 15.0 Å². The quantitative estimate of drug-likeness (QED) is 0.490. The summed E-state index contributed by atoms with van der Waals surface area (Å²) in [5.41, 5.74) is 5.70. The number of anilines is 2. The van der Waals surface area contributed by atoms with Crippen LogP contribution in [0.5, 0.6) is 5.75 Å². The number of methoxy groups -OCH3 is 1. The minimum Gasteiger partial charge on any atom is -0.496 e. The molecule has 0 fully saturated rings. The topological polar surface area (TPSA) is 58.6 Å². The number of nitrogens with zero attached hydrogens (tertiary/aromatic N) is 1. The van der Waals surface area contributed by atoms with Gasteiger partial charge in [-0.1, -0.05) is 56.3 Å². The maximum Gasteiger partial charge on any atom is 0.282 e. The van der Waals surface area contributed by atoms with E-state index in [1.165, 1.54) is 4.90 Å². The number of ether oxygens (including phenoxy) is 1. The lowest BCUT2D eigenvalue weighted by atomic mass is 10.0. The Balaban J connectivity index is 1.85. The van der Waals surface area contributed by atoms with Crippen LogP contribution in [0.25, 0.3) is 5.57 Å². The lowest BCUT2D eigenvalue weighted by Gasteiger charge is -2.17. The van der Waals surface area contributed by atoms with Crippen molar-refractivity contribution in [3.8, 4) is 5.75 Å². The molecule has 0 aliphatic carbocycles. The minimum atomic E-state index is -0.390. The molecular formula is C28H28N2O3. The van der Waals surface area contributed by atoms with Crippen LogP contribution in [-0.4, -0.2) is 18.9 Å². The second kappa shape index (κ2) is 8.94. The zero-order valence-corrected chi connectivity index (χ0v) is 19.6. The van der Waals surface area contributed by atoms with E-state index in [2.05, 4.69) is 19.2 Å². The van der Waals surface area contributed by atoms with Gasteiger partial charge < -0.3 is 10.1 Å². The van der Waals surface area contributed by atoms with Crippen molar-refractivity contribution >= 4 is 28.8 Å². The summed E-state index contributed by atoms with van der Waals surface area (Å²) in [6, 6.07) is 20.7. The van der Waals surface area contributed by atoms with Crippen molar-refractivity contribution in [3.63, 3.8) is 0 Å². The largest absolute Gasteiger partial charge is 0.496 e. The van der Waals surface area contributed by atoms with Gasteiger partial charge in [0.05, 0.1) is 18.4 Å². The van der Waals surface area contributed by atoms with Gasteiger partial charge in [0.1, 0.15) is 11.4 Å². The molecule has 168 valence electrons. The smallest absolute Gasteiger partial charge is 0.282 e. The van der Waals surface area contributed by atoms with E-state index in [0.717, 1.165) is 22.4 Å². The Bertz CT molecular complexity index is 1260. The molecule has 0 atom stereocenters. The summed E-state index contributed by atoms with van der Waals surface area (Å²) in [7, 11) is 1.56. The summed E-state index contributed by atoms with van der Waals surface area (Å²) in [5, 5.41) is 3.27. The Kier molecular flexibility index (Phi) is 6.05. The number of aryl methyl sites for hydroxylation is 1. The van der Waals surface area contributed by atoms with Gasteiger partial charge in [-0.25, -0.2) is 4.90 Å². The van der Waals surface area contributed by atoms with Gasteiger partial charge >= 0.3 is 0 Å². The van der Waals surface area contributed by atoms with Crippen LogP contribution in [0.2, 0.25) is 0 Å². The van der Waals surface area contributed by atoms with Crippen molar-refractivity contribution in [2.45, 2.75) is 33.6 Å². The maximum atomic E-state index is 13.7. The molecule has 2 amide bonds. The van der Waals surface area contributed by atoms with Crippen molar-refractivity contribution in [1.82, 2.24) is 0 Å². The molecule has 0 bridgehead atoms. The van der Waals surface area contributed by atoms with Gasteiger partial charge in [0, 0.05) is 11.3 Å². The van der Waals surface area contributed by atoms with E-state index in [9.17, 15) is 9.59 Å². The van der Waals surface area contributed by atoms with Crippen molar-refractivity contribution in [2.24, 2.45) is 0 Å². The number of imide groups is 1. The number of nitrogens with one attached hydrogen (secondary N) is 1. The Labute approximate surface area is 194 Å². The molecule has 1 aliphatic rings. The van der Waals surface area contributed by atoms with Crippen LogP contribution >= 0.6 is 0 Å². The molecule has 1 aliphatic heterocycles. The molecule has 0 unspecified atom stereocenters. The number of hydrogen-bond donors (Lipinski definition) is 1. The molecule has 0 aromatic heterocycles. The van der Waals surface area contributed by atoms with Crippen LogP contribution in [0, 0.1) is 13.8 Å². The average Bonchev–Trinajstić information content (AvgIpc) is 3.06. The highest BCUT2D eigenvalue weighted by Gasteiger charge is 2.41. The van der Waals surface area contributed by atoms with Gasteiger partial charge in [-0.15, -0.1) is 0 Å². The predicted molar refractivity (Wildman–Crippen MR) is 132 cm³/mol. The van der Waals surface area contributed by atoms with E-state index in [4.69, 9.17) is 4.74 Å². The van der Waals surface area contributed by atoms with Gasteiger partial charge in [0.15, 0.2) is 0 Å². The molecule has 0 saturated heterocycles. The van der Waals surface area contributed by atoms with Crippen LogP contribution in [0.15, 0.2) is 72.4 Å². The first-order valence-electron chi connectivity index (χ1n) is 11.0. The third kappa shape index (κ3) is 4.02. The van der Waals surface area contributed by atoms with E-state index in [1.807, 2.05) is 68.4 Å². The van der Waals surface area contributed by atoms with Gasteiger partial charge in [-0.3, -0.25) is 9.59 Å². The second-order valence-electron chi connectivity index (χ2n) is 8.51. The highest BCUT2D eigenvalue weighted by Crippen LogP contribution is 2.38. The van der Waals surface area contributed by atoms with E-state index in [0.29, 0.717) is 28.5 Å². The third-order valence-electron chi connectivity index (χ3n) is 6.14. The van der Waals surface area contributed by atoms with Gasteiger partial charge in [-0.05, 0) is 60.7 Å². The zero-order valence-electron chi connectivity index (χ0n) is 19.6. The summed E-state index contributed by atoms with van der Waals surface area (Å²) in [4.78, 5) is 28.6. The molecule has 3 aromatic carbocycles. The normalized spacial score (nSPS) is 13.8. The van der Waals surface area contributed by atoms with E-state index < -0.39 is 0 Å². The highest BCUT2D eigenvalue weighted by atomic mass is 16.5. The second-order valence-corrected chi connectivity index (χ2v) is 8.51. The first-order valence-corrected chi connectivity index (χ1v) is 11.0. The lowest BCUT2D eigenvalue weighted by Crippen LogP contribution is -2.32. The fourth-order valence-corrected chi connectivity index (χ4v) is 4.01. The van der Waals surface area contributed by atoms with Crippen molar-refractivity contribution in [2.75, 3.05) is 17.3 Å². The molecule has 4 rings (SSSR count). The van der Waals surface area contributed by atoms with Crippen LogP contribution in [0.4, 0.5) is 11.4 Å². The summed E-state index contributed by atoms with van der Waals surface area (Å²) in [6.45, 7) is 8.22. The Morgan fingerprint density at radius 2 is 1.55 bits per heavy atom. The number of hydrogen-bond acceptors (Lipinski definition) is 4. The fraction of sp³-hybridized carbons (Fsp3) is 0.214. The number of rotatable bonds is 6. The van der Waals surface area contributed by atoms with Crippen LogP contribution in [0.3, 0.4) is 0 Å². The fourth-order valence-electron chi connectivity index (χ4n) is 4.01. The average molecular weight is 441 g/mol. The molecule has 5 nitrogen and oxygen atoms in total. The molecule has 3 aromatic rings. The Morgan fingerprint density at radius 3 is 2.21 bits per heavy atom.